The molecule has 0 aliphatic carbocycles. The van der Waals surface area contributed by atoms with E-state index in [1.54, 1.807) is 6.20 Å². The Morgan fingerprint density at radius 2 is 2.38 bits per heavy atom. The van der Waals surface area contributed by atoms with E-state index in [2.05, 4.69) is 23.3 Å². The maximum atomic E-state index is 5.67. The Kier molecular flexibility index (Phi) is 3.96. The Labute approximate surface area is 83.3 Å². The van der Waals surface area contributed by atoms with Crippen molar-refractivity contribution < 1.29 is 0 Å². The minimum Gasteiger partial charge on any atom is -0.396 e. The Morgan fingerprint density at radius 3 is 3.08 bits per heavy atom. The average molecular weight is 199 g/mol. The number of anilines is 1. The summed E-state index contributed by atoms with van der Waals surface area (Å²) in [5.41, 5.74) is 7.13. The normalized spacial score (nSPS) is 10.3. The van der Waals surface area contributed by atoms with Gasteiger partial charge < -0.3 is 5.73 Å². The molecule has 0 amide bonds. The van der Waals surface area contributed by atoms with Crippen LogP contribution in [-0.4, -0.2) is 9.97 Å². The summed E-state index contributed by atoms with van der Waals surface area (Å²) in [5, 5.41) is 0.265. The summed E-state index contributed by atoms with van der Waals surface area (Å²) in [6.45, 7) is 2.11. The Hall–Kier alpha value is -0.830. The third kappa shape index (κ3) is 3.19. The number of hydrogen-bond donors (Lipinski definition) is 1. The zero-order chi connectivity index (χ0) is 9.68. The molecular formula is C9H13ClN3. The van der Waals surface area contributed by atoms with Crippen molar-refractivity contribution in [2.24, 2.45) is 0 Å². The van der Waals surface area contributed by atoms with Crippen molar-refractivity contribution in [3.63, 3.8) is 0 Å². The molecule has 1 aromatic rings. The first-order chi connectivity index (χ1) is 6.24. The standard InChI is InChI=1S/C9H13ClN3/c1-2-3-4-5-8-7(11)6-12-9(10)13-8/h3,6H,2,4-5,11H2,1H3. The van der Waals surface area contributed by atoms with Crippen LogP contribution in [0, 0.1) is 6.42 Å². The number of nitrogens with zero attached hydrogens (tertiary/aromatic N) is 2. The summed E-state index contributed by atoms with van der Waals surface area (Å²) in [7, 11) is 0. The van der Waals surface area contributed by atoms with Gasteiger partial charge in [0.1, 0.15) is 0 Å². The molecule has 0 fully saturated rings. The molecule has 0 saturated heterocycles. The summed E-state index contributed by atoms with van der Waals surface area (Å²) in [6, 6.07) is 0. The SMILES string of the molecule is CC[CH]CCc1nc(Cl)ncc1N. The van der Waals surface area contributed by atoms with Crippen LogP contribution in [0.3, 0.4) is 0 Å². The van der Waals surface area contributed by atoms with Gasteiger partial charge in [0.2, 0.25) is 5.28 Å². The van der Waals surface area contributed by atoms with E-state index in [4.69, 9.17) is 17.3 Å². The molecule has 0 unspecified atom stereocenters. The smallest absolute Gasteiger partial charge is 0.222 e. The maximum absolute atomic E-state index is 5.67. The highest BCUT2D eigenvalue weighted by molar-refractivity contribution is 6.28. The van der Waals surface area contributed by atoms with E-state index in [-0.39, 0.29) is 5.28 Å². The molecule has 0 aromatic carbocycles. The summed E-state index contributed by atoms with van der Waals surface area (Å²) in [6.07, 6.45) is 6.63. The van der Waals surface area contributed by atoms with Crippen LogP contribution >= 0.6 is 11.6 Å². The molecule has 13 heavy (non-hydrogen) atoms. The molecule has 0 aliphatic rings. The lowest BCUT2D eigenvalue weighted by molar-refractivity contribution is 0.849. The lowest BCUT2D eigenvalue weighted by Crippen LogP contribution is -2.00. The van der Waals surface area contributed by atoms with Gasteiger partial charge in [0.25, 0.3) is 0 Å². The first-order valence-corrected chi connectivity index (χ1v) is 4.70. The van der Waals surface area contributed by atoms with Crippen molar-refractivity contribution in [1.29, 1.82) is 0 Å². The van der Waals surface area contributed by atoms with Gasteiger partial charge in [-0.25, -0.2) is 9.97 Å². The molecule has 0 atom stereocenters. The summed E-state index contributed by atoms with van der Waals surface area (Å²) < 4.78 is 0. The third-order valence-electron chi connectivity index (χ3n) is 1.74. The minimum atomic E-state index is 0.265. The van der Waals surface area contributed by atoms with E-state index in [1.165, 1.54) is 0 Å². The number of hydrogen-bond acceptors (Lipinski definition) is 3. The van der Waals surface area contributed by atoms with Crippen LogP contribution < -0.4 is 5.73 Å². The van der Waals surface area contributed by atoms with E-state index in [9.17, 15) is 0 Å². The van der Waals surface area contributed by atoms with Gasteiger partial charge in [-0.1, -0.05) is 13.3 Å². The average Bonchev–Trinajstić information content (AvgIpc) is 2.11. The van der Waals surface area contributed by atoms with Crippen LogP contribution in [0.25, 0.3) is 0 Å². The fourth-order valence-corrected chi connectivity index (χ4v) is 1.20. The highest BCUT2D eigenvalue weighted by Gasteiger charge is 2.02. The molecule has 2 N–H and O–H groups in total. The monoisotopic (exact) mass is 198 g/mol. The Morgan fingerprint density at radius 1 is 1.62 bits per heavy atom. The van der Waals surface area contributed by atoms with Crippen molar-refractivity contribution in [2.75, 3.05) is 5.73 Å². The molecule has 0 bridgehead atoms. The first kappa shape index (κ1) is 10.3. The summed E-state index contributed by atoms with van der Waals surface area (Å²) in [5.74, 6) is 0. The van der Waals surface area contributed by atoms with Gasteiger partial charge in [0.05, 0.1) is 17.6 Å². The minimum absolute atomic E-state index is 0.265. The van der Waals surface area contributed by atoms with Crippen LogP contribution in [0.1, 0.15) is 25.5 Å². The second-order valence-electron chi connectivity index (χ2n) is 2.78. The van der Waals surface area contributed by atoms with E-state index < -0.39 is 0 Å². The molecule has 1 heterocycles. The van der Waals surface area contributed by atoms with Crippen LogP contribution in [0.4, 0.5) is 5.69 Å². The molecule has 71 valence electrons. The zero-order valence-electron chi connectivity index (χ0n) is 7.63. The van der Waals surface area contributed by atoms with Crippen molar-refractivity contribution in [2.45, 2.75) is 26.2 Å². The van der Waals surface area contributed by atoms with Crippen molar-refractivity contribution >= 4 is 17.3 Å². The second-order valence-corrected chi connectivity index (χ2v) is 3.11. The summed E-state index contributed by atoms with van der Waals surface area (Å²) >= 11 is 5.64. The van der Waals surface area contributed by atoms with E-state index in [1.807, 2.05) is 0 Å². The number of aromatic nitrogens is 2. The third-order valence-corrected chi connectivity index (χ3v) is 1.93. The number of nitrogens with two attached hydrogens (primary N) is 1. The van der Waals surface area contributed by atoms with Gasteiger partial charge in [-0.05, 0) is 30.9 Å². The highest BCUT2D eigenvalue weighted by atomic mass is 35.5. The number of aryl methyl sites for hydroxylation is 1. The van der Waals surface area contributed by atoms with Gasteiger partial charge in [-0.3, -0.25) is 0 Å². The fourth-order valence-electron chi connectivity index (χ4n) is 1.05. The first-order valence-electron chi connectivity index (χ1n) is 4.32. The second kappa shape index (κ2) is 5.02. The number of nitrogen functional groups attached to an aromatic ring is 1. The highest BCUT2D eigenvalue weighted by Crippen LogP contribution is 2.13. The maximum Gasteiger partial charge on any atom is 0.222 e. The number of unbranched alkanes of at least 4 members (excludes halogenated alkanes) is 2. The van der Waals surface area contributed by atoms with Crippen molar-refractivity contribution in [3.05, 3.63) is 23.6 Å². The molecule has 3 nitrogen and oxygen atoms in total. The predicted molar refractivity (Wildman–Crippen MR) is 54.4 cm³/mol. The van der Waals surface area contributed by atoms with E-state index in [0.717, 1.165) is 25.0 Å². The van der Waals surface area contributed by atoms with Crippen molar-refractivity contribution in [3.8, 4) is 0 Å². The predicted octanol–water partition coefficient (Wildman–Crippen LogP) is 2.26. The summed E-state index contributed by atoms with van der Waals surface area (Å²) in [4.78, 5) is 7.84. The Bertz CT molecular complexity index is 276. The largest absolute Gasteiger partial charge is 0.396 e. The van der Waals surface area contributed by atoms with E-state index in [0.29, 0.717) is 5.69 Å². The number of halogens is 1. The van der Waals surface area contributed by atoms with Gasteiger partial charge in [0, 0.05) is 0 Å². The van der Waals surface area contributed by atoms with E-state index >= 15 is 0 Å². The zero-order valence-corrected chi connectivity index (χ0v) is 8.38. The van der Waals surface area contributed by atoms with Crippen molar-refractivity contribution in [1.82, 2.24) is 9.97 Å². The molecule has 0 spiro atoms. The molecule has 1 rings (SSSR count). The van der Waals surface area contributed by atoms with Gasteiger partial charge in [0.15, 0.2) is 0 Å². The van der Waals surface area contributed by atoms with Crippen LogP contribution in [0.2, 0.25) is 5.28 Å². The van der Waals surface area contributed by atoms with Gasteiger partial charge >= 0.3 is 0 Å². The molecule has 4 heteroatoms. The lowest BCUT2D eigenvalue weighted by atomic mass is 10.1. The van der Waals surface area contributed by atoms with Crippen LogP contribution in [0.5, 0.6) is 0 Å². The fraction of sp³-hybridized carbons (Fsp3) is 0.444. The topological polar surface area (TPSA) is 51.8 Å². The molecule has 1 radical (unpaired) electrons. The Balaban J connectivity index is 2.59. The molecule has 1 aromatic heterocycles. The number of rotatable bonds is 4. The molecule has 0 aliphatic heterocycles. The quantitative estimate of drug-likeness (QED) is 0.597. The lowest BCUT2D eigenvalue weighted by Gasteiger charge is -2.02. The van der Waals surface area contributed by atoms with Crippen LogP contribution in [-0.2, 0) is 6.42 Å². The molecular weight excluding hydrogens is 186 g/mol. The van der Waals surface area contributed by atoms with Gasteiger partial charge in [-0.2, -0.15) is 0 Å². The van der Waals surface area contributed by atoms with Crippen LogP contribution in [0.15, 0.2) is 6.20 Å². The molecule has 0 saturated carbocycles. The van der Waals surface area contributed by atoms with Gasteiger partial charge in [-0.15, -0.1) is 0 Å².